The van der Waals surface area contributed by atoms with Gasteiger partial charge in [-0.3, -0.25) is 0 Å². The Morgan fingerprint density at radius 2 is 2.20 bits per heavy atom. The Morgan fingerprint density at radius 1 is 1.40 bits per heavy atom. The molecule has 80 valence electrons. The van der Waals surface area contributed by atoms with E-state index in [9.17, 15) is 0 Å². The number of fused-ring (bicyclic) bond motifs is 2. The number of rotatable bonds is 1. The van der Waals surface area contributed by atoms with Gasteiger partial charge in [-0.1, -0.05) is 18.2 Å². The van der Waals surface area contributed by atoms with Crippen molar-refractivity contribution in [2.24, 2.45) is 11.7 Å². The highest BCUT2D eigenvalue weighted by Gasteiger charge is 2.52. The molecule has 1 aromatic rings. The van der Waals surface area contributed by atoms with Crippen LogP contribution in [0.5, 0.6) is 0 Å². The molecule has 1 nitrogen and oxygen atoms in total. The summed E-state index contributed by atoms with van der Waals surface area (Å²) in [7, 11) is 0. The minimum absolute atomic E-state index is 0.494. The molecule has 1 fully saturated rings. The van der Waals surface area contributed by atoms with Crippen molar-refractivity contribution in [3.63, 3.8) is 0 Å². The second-order valence-corrected chi connectivity index (χ2v) is 5.23. The minimum Gasteiger partial charge on any atom is -0.330 e. The van der Waals surface area contributed by atoms with Gasteiger partial charge in [0.25, 0.3) is 0 Å². The summed E-state index contributed by atoms with van der Waals surface area (Å²) in [5.74, 6) is 0.742. The van der Waals surface area contributed by atoms with Crippen molar-refractivity contribution in [3.05, 3.63) is 34.9 Å². The lowest BCUT2D eigenvalue weighted by atomic mass is 9.71. The summed E-state index contributed by atoms with van der Waals surface area (Å²) in [6, 6.07) is 6.81. The molecule has 0 saturated heterocycles. The van der Waals surface area contributed by atoms with Crippen LogP contribution in [0, 0.1) is 12.8 Å². The Morgan fingerprint density at radius 3 is 2.87 bits per heavy atom. The molecule has 0 radical (unpaired) electrons. The van der Waals surface area contributed by atoms with Crippen molar-refractivity contribution >= 4 is 0 Å². The van der Waals surface area contributed by atoms with Crippen LogP contribution in [0.3, 0.4) is 0 Å². The van der Waals surface area contributed by atoms with E-state index in [0.29, 0.717) is 5.41 Å². The lowest BCUT2D eigenvalue weighted by molar-refractivity contribution is 0.361. The van der Waals surface area contributed by atoms with Crippen LogP contribution >= 0.6 is 0 Å². The molecular formula is C14H19N. The molecule has 0 amide bonds. The zero-order chi connectivity index (χ0) is 10.5. The third kappa shape index (κ3) is 1.19. The van der Waals surface area contributed by atoms with Crippen molar-refractivity contribution < 1.29 is 0 Å². The topological polar surface area (TPSA) is 26.0 Å². The van der Waals surface area contributed by atoms with Crippen LogP contribution in [0.25, 0.3) is 0 Å². The molecule has 1 heteroatoms. The smallest absolute Gasteiger partial charge is 0.000317 e. The average Bonchev–Trinajstić information content (AvgIpc) is 3.02. The first-order valence-electron chi connectivity index (χ1n) is 6.07. The van der Waals surface area contributed by atoms with Gasteiger partial charge in [0.05, 0.1) is 0 Å². The van der Waals surface area contributed by atoms with Gasteiger partial charge in [0.2, 0.25) is 0 Å². The molecule has 0 heterocycles. The summed E-state index contributed by atoms with van der Waals surface area (Å²) in [6.45, 7) is 3.12. The van der Waals surface area contributed by atoms with Crippen molar-refractivity contribution in [2.45, 2.75) is 38.0 Å². The van der Waals surface area contributed by atoms with Crippen molar-refractivity contribution in [1.82, 2.24) is 0 Å². The van der Waals surface area contributed by atoms with Gasteiger partial charge in [0.1, 0.15) is 0 Å². The van der Waals surface area contributed by atoms with Gasteiger partial charge in [0, 0.05) is 0 Å². The van der Waals surface area contributed by atoms with Crippen LogP contribution in [0.15, 0.2) is 18.2 Å². The quantitative estimate of drug-likeness (QED) is 0.742. The maximum Gasteiger partial charge on any atom is -0.000317 e. The highest BCUT2D eigenvalue weighted by atomic mass is 14.6. The minimum atomic E-state index is 0.494. The maximum atomic E-state index is 5.91. The van der Waals surface area contributed by atoms with E-state index in [1.54, 1.807) is 11.1 Å². The van der Waals surface area contributed by atoms with Gasteiger partial charge < -0.3 is 5.73 Å². The van der Waals surface area contributed by atoms with Crippen molar-refractivity contribution in [3.8, 4) is 0 Å². The van der Waals surface area contributed by atoms with Gasteiger partial charge in [-0.2, -0.15) is 0 Å². The standard InChI is InChI=1S/C14H19N/c1-10-3-2-4-13-12(10)6-5-11(9-15)14(13)7-8-14/h2-4,11H,5-9,15H2,1H3. The van der Waals surface area contributed by atoms with E-state index in [0.717, 1.165) is 12.5 Å². The van der Waals surface area contributed by atoms with E-state index in [1.807, 2.05) is 0 Å². The van der Waals surface area contributed by atoms with Crippen LogP contribution in [0.1, 0.15) is 36.0 Å². The van der Waals surface area contributed by atoms with Crippen LogP contribution in [-0.2, 0) is 11.8 Å². The highest BCUT2D eigenvalue weighted by Crippen LogP contribution is 2.58. The van der Waals surface area contributed by atoms with Crippen LogP contribution < -0.4 is 5.73 Å². The second-order valence-electron chi connectivity index (χ2n) is 5.23. The highest BCUT2D eigenvalue weighted by molar-refractivity contribution is 5.45. The molecule has 2 N–H and O–H groups in total. The molecule has 1 saturated carbocycles. The number of nitrogens with two attached hydrogens (primary N) is 1. The Bertz CT molecular complexity index is 390. The van der Waals surface area contributed by atoms with Crippen molar-refractivity contribution in [2.75, 3.05) is 6.54 Å². The molecule has 1 unspecified atom stereocenters. The van der Waals surface area contributed by atoms with E-state index in [2.05, 4.69) is 25.1 Å². The predicted molar refractivity (Wildman–Crippen MR) is 63.0 cm³/mol. The molecular weight excluding hydrogens is 182 g/mol. The normalized spacial score (nSPS) is 26.4. The number of aryl methyl sites for hydroxylation is 1. The molecule has 2 aliphatic carbocycles. The Labute approximate surface area is 91.7 Å². The third-order valence-electron chi connectivity index (χ3n) is 4.54. The van der Waals surface area contributed by atoms with E-state index in [1.165, 1.54) is 31.2 Å². The summed E-state index contributed by atoms with van der Waals surface area (Å²) in [4.78, 5) is 0. The zero-order valence-electron chi connectivity index (χ0n) is 9.42. The molecule has 1 aromatic carbocycles. The Balaban J connectivity index is 2.12. The predicted octanol–water partition coefficient (Wildman–Crippen LogP) is 2.55. The van der Waals surface area contributed by atoms with E-state index < -0.39 is 0 Å². The molecule has 0 bridgehead atoms. The van der Waals surface area contributed by atoms with E-state index in [4.69, 9.17) is 5.73 Å². The SMILES string of the molecule is Cc1cccc2c1CCC(CN)C21CC1. The zero-order valence-corrected chi connectivity index (χ0v) is 9.42. The van der Waals surface area contributed by atoms with Gasteiger partial charge in [-0.05, 0) is 67.2 Å². The fourth-order valence-corrected chi connectivity index (χ4v) is 3.47. The molecule has 1 atom stereocenters. The first-order chi connectivity index (χ1) is 7.28. The fraction of sp³-hybridized carbons (Fsp3) is 0.571. The van der Waals surface area contributed by atoms with Crippen LogP contribution in [0.2, 0.25) is 0 Å². The fourth-order valence-electron chi connectivity index (χ4n) is 3.47. The number of hydrogen-bond donors (Lipinski definition) is 1. The summed E-state index contributed by atoms with van der Waals surface area (Å²) < 4.78 is 0. The Kier molecular flexibility index (Phi) is 1.93. The average molecular weight is 201 g/mol. The van der Waals surface area contributed by atoms with Crippen LogP contribution in [0.4, 0.5) is 0 Å². The summed E-state index contributed by atoms with van der Waals surface area (Å²) >= 11 is 0. The molecule has 0 aliphatic heterocycles. The number of benzene rings is 1. The molecule has 2 aliphatic rings. The molecule has 3 rings (SSSR count). The Hall–Kier alpha value is -0.820. The summed E-state index contributed by atoms with van der Waals surface area (Å²) in [5, 5.41) is 0. The summed E-state index contributed by atoms with van der Waals surface area (Å²) in [6.07, 6.45) is 5.27. The van der Waals surface area contributed by atoms with E-state index >= 15 is 0 Å². The van der Waals surface area contributed by atoms with Crippen molar-refractivity contribution in [1.29, 1.82) is 0 Å². The van der Waals surface area contributed by atoms with Gasteiger partial charge in [-0.25, -0.2) is 0 Å². The first-order valence-corrected chi connectivity index (χ1v) is 6.07. The number of hydrogen-bond acceptors (Lipinski definition) is 1. The second kappa shape index (κ2) is 3.08. The monoisotopic (exact) mass is 201 g/mol. The maximum absolute atomic E-state index is 5.91. The third-order valence-corrected chi connectivity index (χ3v) is 4.54. The van der Waals surface area contributed by atoms with Gasteiger partial charge in [0.15, 0.2) is 0 Å². The van der Waals surface area contributed by atoms with Gasteiger partial charge in [-0.15, -0.1) is 0 Å². The van der Waals surface area contributed by atoms with Crippen LogP contribution in [-0.4, -0.2) is 6.54 Å². The van der Waals surface area contributed by atoms with E-state index in [-0.39, 0.29) is 0 Å². The largest absolute Gasteiger partial charge is 0.330 e. The first kappa shape index (κ1) is 9.41. The molecule has 15 heavy (non-hydrogen) atoms. The summed E-state index contributed by atoms with van der Waals surface area (Å²) in [5.41, 5.74) is 11.1. The molecule has 1 spiro atoms. The van der Waals surface area contributed by atoms with Gasteiger partial charge >= 0.3 is 0 Å². The lowest BCUT2D eigenvalue weighted by Gasteiger charge is -2.34. The molecule has 0 aromatic heterocycles. The lowest BCUT2D eigenvalue weighted by Crippen LogP contribution is -2.33.